The zero-order valence-corrected chi connectivity index (χ0v) is 11.1. The molecule has 0 saturated carbocycles. The van der Waals surface area contributed by atoms with Crippen molar-refractivity contribution in [1.82, 2.24) is 14.9 Å². The van der Waals surface area contributed by atoms with Crippen LogP contribution in [0.2, 0.25) is 10.2 Å². The Morgan fingerprint density at radius 1 is 1.39 bits per heavy atom. The van der Waals surface area contributed by atoms with E-state index in [9.17, 15) is 8.42 Å². The van der Waals surface area contributed by atoms with E-state index in [2.05, 4.69) is 19.4 Å². The van der Waals surface area contributed by atoms with Gasteiger partial charge in [-0.05, 0) is 6.07 Å². The molecule has 0 amide bonds. The van der Waals surface area contributed by atoms with Gasteiger partial charge in [0.2, 0.25) is 10.0 Å². The van der Waals surface area contributed by atoms with E-state index in [0.717, 1.165) is 6.20 Å². The van der Waals surface area contributed by atoms with E-state index in [1.807, 2.05) is 0 Å². The number of rotatable bonds is 4. The van der Waals surface area contributed by atoms with Crippen LogP contribution in [0, 0.1) is 0 Å². The van der Waals surface area contributed by atoms with Crippen molar-refractivity contribution < 1.29 is 12.9 Å². The van der Waals surface area contributed by atoms with Gasteiger partial charge in [-0.25, -0.2) is 18.1 Å². The maximum Gasteiger partial charge on any atom is 0.242 e. The molecule has 2 rings (SSSR count). The molecule has 0 aliphatic heterocycles. The number of hydrogen-bond donors (Lipinski definition) is 1. The molecule has 0 unspecified atom stereocenters. The van der Waals surface area contributed by atoms with Gasteiger partial charge in [-0.15, -0.1) is 0 Å². The normalized spacial score (nSPS) is 11.7. The van der Waals surface area contributed by atoms with Gasteiger partial charge >= 0.3 is 0 Å². The molecule has 18 heavy (non-hydrogen) atoms. The third-order valence-corrected chi connectivity index (χ3v) is 4.07. The molecule has 0 aromatic carbocycles. The van der Waals surface area contributed by atoms with Crippen LogP contribution in [-0.2, 0) is 16.6 Å². The molecule has 2 heterocycles. The second-order valence-corrected chi connectivity index (χ2v) is 5.79. The minimum absolute atomic E-state index is 0.0130. The summed E-state index contributed by atoms with van der Waals surface area (Å²) in [6.07, 6.45) is 2.48. The van der Waals surface area contributed by atoms with Crippen molar-refractivity contribution in [2.24, 2.45) is 0 Å². The maximum atomic E-state index is 11.9. The van der Waals surface area contributed by atoms with E-state index in [4.69, 9.17) is 23.2 Å². The molecule has 0 atom stereocenters. The van der Waals surface area contributed by atoms with Crippen molar-refractivity contribution in [3.63, 3.8) is 0 Å². The summed E-state index contributed by atoms with van der Waals surface area (Å²) in [6.45, 7) is 0.0130. The summed E-state index contributed by atoms with van der Waals surface area (Å²) in [5.74, 6) is 0. The molecule has 2 aromatic heterocycles. The molecule has 0 fully saturated rings. The van der Waals surface area contributed by atoms with Gasteiger partial charge in [-0.1, -0.05) is 28.4 Å². The van der Waals surface area contributed by atoms with Crippen LogP contribution < -0.4 is 4.72 Å². The summed E-state index contributed by atoms with van der Waals surface area (Å²) in [5.41, 5.74) is 0.464. The number of nitrogens with zero attached hydrogens (tertiary/aromatic N) is 2. The fourth-order valence-electron chi connectivity index (χ4n) is 1.13. The van der Waals surface area contributed by atoms with Crippen LogP contribution in [0.25, 0.3) is 0 Å². The number of nitrogens with one attached hydrogen (secondary N) is 1. The van der Waals surface area contributed by atoms with E-state index < -0.39 is 10.0 Å². The summed E-state index contributed by atoms with van der Waals surface area (Å²) in [7, 11) is -3.71. The van der Waals surface area contributed by atoms with E-state index in [-0.39, 0.29) is 21.6 Å². The van der Waals surface area contributed by atoms with Crippen LogP contribution in [0.1, 0.15) is 5.69 Å². The molecule has 6 nitrogen and oxygen atoms in total. The Morgan fingerprint density at radius 2 is 2.17 bits per heavy atom. The average Bonchev–Trinajstić information content (AvgIpc) is 2.83. The Morgan fingerprint density at radius 3 is 2.78 bits per heavy atom. The summed E-state index contributed by atoms with van der Waals surface area (Å²) in [5, 5.41) is 3.70. The zero-order valence-electron chi connectivity index (χ0n) is 8.80. The number of hydrogen-bond acceptors (Lipinski definition) is 5. The van der Waals surface area contributed by atoms with Crippen molar-refractivity contribution in [2.45, 2.75) is 11.4 Å². The molecule has 0 saturated heterocycles. The Kier molecular flexibility index (Phi) is 3.86. The fourth-order valence-corrected chi connectivity index (χ4v) is 2.44. The molecule has 0 spiro atoms. The number of halogens is 2. The number of aromatic nitrogens is 2. The Balaban J connectivity index is 2.17. The van der Waals surface area contributed by atoms with Crippen molar-refractivity contribution >= 4 is 33.2 Å². The molecule has 9 heteroatoms. The first kappa shape index (κ1) is 13.3. The highest BCUT2D eigenvalue weighted by molar-refractivity contribution is 7.89. The summed E-state index contributed by atoms with van der Waals surface area (Å²) >= 11 is 11.3. The predicted molar refractivity (Wildman–Crippen MR) is 64.8 cm³/mol. The van der Waals surface area contributed by atoms with Gasteiger partial charge in [0.15, 0.2) is 0 Å². The lowest BCUT2D eigenvalue weighted by molar-refractivity contribution is 0.411. The van der Waals surface area contributed by atoms with Crippen molar-refractivity contribution in [3.05, 3.63) is 40.5 Å². The number of sulfonamides is 1. The van der Waals surface area contributed by atoms with Crippen LogP contribution >= 0.6 is 23.2 Å². The van der Waals surface area contributed by atoms with Crippen molar-refractivity contribution in [2.75, 3.05) is 0 Å². The standard InChI is InChI=1S/C9H7Cl2N3O3S/c10-8-3-7(5-12-9(8)11)18(15,16)13-4-6-1-2-17-14-6/h1-3,5,13H,4H2. The lowest BCUT2D eigenvalue weighted by Crippen LogP contribution is -2.23. The Hall–Kier alpha value is -1.15. The first-order valence-corrected chi connectivity index (χ1v) is 6.93. The highest BCUT2D eigenvalue weighted by Gasteiger charge is 2.16. The SMILES string of the molecule is O=S(=O)(NCc1ccon1)c1cnc(Cl)c(Cl)c1. The smallest absolute Gasteiger partial charge is 0.242 e. The van der Waals surface area contributed by atoms with E-state index >= 15 is 0 Å². The molecule has 2 aromatic rings. The lowest BCUT2D eigenvalue weighted by atomic mass is 10.5. The Bertz CT molecular complexity index is 643. The van der Waals surface area contributed by atoms with Crippen LogP contribution in [0.3, 0.4) is 0 Å². The second-order valence-electron chi connectivity index (χ2n) is 3.26. The summed E-state index contributed by atoms with van der Waals surface area (Å²) < 4.78 is 30.7. The van der Waals surface area contributed by atoms with Gasteiger partial charge < -0.3 is 4.52 Å². The highest BCUT2D eigenvalue weighted by atomic mass is 35.5. The highest BCUT2D eigenvalue weighted by Crippen LogP contribution is 2.22. The van der Waals surface area contributed by atoms with Gasteiger partial charge in [-0.2, -0.15) is 0 Å². The first-order chi connectivity index (χ1) is 8.49. The van der Waals surface area contributed by atoms with Gasteiger partial charge in [0.1, 0.15) is 16.3 Å². The lowest BCUT2D eigenvalue weighted by Gasteiger charge is -2.05. The number of pyridine rings is 1. The first-order valence-electron chi connectivity index (χ1n) is 4.69. The maximum absolute atomic E-state index is 11.9. The van der Waals surface area contributed by atoms with E-state index in [0.29, 0.717) is 5.69 Å². The molecule has 0 bridgehead atoms. The van der Waals surface area contributed by atoms with Gasteiger partial charge in [0.25, 0.3) is 0 Å². The summed E-state index contributed by atoms with van der Waals surface area (Å²) in [6, 6.07) is 2.78. The second kappa shape index (κ2) is 5.23. The molecular formula is C9H7Cl2N3O3S. The third-order valence-electron chi connectivity index (χ3n) is 2.02. The van der Waals surface area contributed by atoms with Crippen LogP contribution in [0.15, 0.2) is 34.0 Å². The van der Waals surface area contributed by atoms with E-state index in [1.54, 1.807) is 6.07 Å². The van der Waals surface area contributed by atoms with Gasteiger partial charge in [-0.3, -0.25) is 0 Å². The molecular weight excluding hydrogens is 301 g/mol. The van der Waals surface area contributed by atoms with E-state index in [1.165, 1.54) is 12.3 Å². The topological polar surface area (TPSA) is 85.1 Å². The van der Waals surface area contributed by atoms with Crippen molar-refractivity contribution in [1.29, 1.82) is 0 Å². The molecule has 0 aliphatic rings. The molecule has 0 radical (unpaired) electrons. The zero-order chi connectivity index (χ0) is 13.2. The summed E-state index contributed by atoms with van der Waals surface area (Å²) in [4.78, 5) is 3.60. The Labute approximate surface area is 113 Å². The largest absolute Gasteiger partial charge is 0.364 e. The van der Waals surface area contributed by atoms with Crippen LogP contribution in [-0.4, -0.2) is 18.6 Å². The van der Waals surface area contributed by atoms with Crippen molar-refractivity contribution in [3.8, 4) is 0 Å². The molecule has 96 valence electrons. The van der Waals surface area contributed by atoms with Crippen LogP contribution in [0.4, 0.5) is 0 Å². The monoisotopic (exact) mass is 307 g/mol. The predicted octanol–water partition coefficient (Wildman–Crippen LogP) is 1.85. The van der Waals surface area contributed by atoms with Gasteiger partial charge in [0, 0.05) is 12.3 Å². The van der Waals surface area contributed by atoms with Crippen LogP contribution in [0.5, 0.6) is 0 Å². The third kappa shape index (κ3) is 2.99. The van der Waals surface area contributed by atoms with Gasteiger partial charge in [0.05, 0.1) is 17.3 Å². The minimum atomic E-state index is -3.71. The minimum Gasteiger partial charge on any atom is -0.364 e. The quantitative estimate of drug-likeness (QED) is 0.871. The molecule has 0 aliphatic carbocycles. The fraction of sp³-hybridized carbons (Fsp3) is 0.111. The average molecular weight is 308 g/mol. The molecule has 1 N–H and O–H groups in total.